The number of β-amino-alcohol motifs (C(OH)–C–C–N with tert-alkyl or cyclic N) is 1. The largest absolute Gasteiger partial charge is 0.388 e. The van der Waals surface area contributed by atoms with Crippen molar-refractivity contribution in [3.05, 3.63) is 36.5 Å². The molecule has 2 N–H and O–H groups in total. The maximum absolute atomic E-state index is 12.6. The number of hydrogen-bond acceptors (Lipinski definition) is 3. The number of piperidine rings is 1. The van der Waals surface area contributed by atoms with Crippen LogP contribution in [0.15, 0.2) is 36.5 Å². The number of rotatable bonds is 5. The highest BCUT2D eigenvalue weighted by Gasteiger charge is 2.36. The van der Waals surface area contributed by atoms with Gasteiger partial charge in [-0.2, -0.15) is 0 Å². The van der Waals surface area contributed by atoms with Crippen LogP contribution in [0.4, 0.5) is 0 Å². The zero-order valence-corrected chi connectivity index (χ0v) is 14.6. The van der Waals surface area contributed by atoms with Crippen LogP contribution in [0.1, 0.15) is 25.7 Å². The zero-order chi connectivity index (χ0) is 17.9. The van der Waals surface area contributed by atoms with E-state index in [9.17, 15) is 14.7 Å². The molecule has 0 bridgehead atoms. The number of aliphatic hydroxyl groups is 1. The Balaban J connectivity index is 1.60. The predicted octanol–water partition coefficient (Wildman–Crippen LogP) is 1.52. The van der Waals surface area contributed by atoms with Crippen molar-refractivity contribution in [1.29, 1.82) is 0 Å². The first-order chi connectivity index (χ1) is 12.0. The second kappa shape index (κ2) is 7.27. The molecule has 0 aliphatic carbocycles. The number of amides is 2. The van der Waals surface area contributed by atoms with Gasteiger partial charge in [0.1, 0.15) is 0 Å². The van der Waals surface area contributed by atoms with Crippen LogP contribution < -0.4 is 5.32 Å². The summed E-state index contributed by atoms with van der Waals surface area (Å²) in [5, 5.41) is 14.3. The second-order valence-corrected chi connectivity index (χ2v) is 6.81. The van der Waals surface area contributed by atoms with Gasteiger partial charge >= 0.3 is 0 Å². The Kier molecular flexibility index (Phi) is 5.08. The smallest absolute Gasteiger partial charge is 0.224 e. The van der Waals surface area contributed by atoms with Gasteiger partial charge in [-0.25, -0.2) is 0 Å². The van der Waals surface area contributed by atoms with Gasteiger partial charge < -0.3 is 19.9 Å². The van der Waals surface area contributed by atoms with Crippen LogP contribution in [0.3, 0.4) is 0 Å². The average Bonchev–Trinajstić information content (AvgIpc) is 3.02. The molecule has 1 atom stereocenters. The number of para-hydroxylation sites is 1. The van der Waals surface area contributed by atoms with Crippen molar-refractivity contribution in [2.24, 2.45) is 0 Å². The molecule has 0 radical (unpaired) electrons. The molecule has 6 nitrogen and oxygen atoms in total. The van der Waals surface area contributed by atoms with Crippen LogP contribution in [-0.2, 0) is 16.1 Å². The highest BCUT2D eigenvalue weighted by Crippen LogP contribution is 2.25. The van der Waals surface area contributed by atoms with Crippen molar-refractivity contribution >= 4 is 22.7 Å². The molecular weight excluding hydrogens is 318 g/mol. The first kappa shape index (κ1) is 17.5. The summed E-state index contributed by atoms with van der Waals surface area (Å²) in [7, 11) is 1.55. The summed E-state index contributed by atoms with van der Waals surface area (Å²) >= 11 is 0. The minimum atomic E-state index is -1.12. The summed E-state index contributed by atoms with van der Waals surface area (Å²) < 4.78 is 2.08. The maximum Gasteiger partial charge on any atom is 0.224 e. The number of carbonyl (C=O) groups is 2. The summed E-state index contributed by atoms with van der Waals surface area (Å²) in [6.45, 7) is 1.48. The highest BCUT2D eigenvalue weighted by atomic mass is 16.3. The number of benzene rings is 1. The first-order valence-electron chi connectivity index (χ1n) is 8.75. The fraction of sp³-hybridized carbons (Fsp3) is 0.474. The van der Waals surface area contributed by atoms with Gasteiger partial charge in [0.25, 0.3) is 0 Å². The molecule has 0 spiro atoms. The first-order valence-corrected chi connectivity index (χ1v) is 8.75. The van der Waals surface area contributed by atoms with E-state index in [1.54, 1.807) is 11.9 Å². The van der Waals surface area contributed by atoms with Crippen LogP contribution in [0.25, 0.3) is 10.9 Å². The SMILES string of the molecule is CNC(=O)CC1(O)CCCN(C(=O)CCn2ccc3ccccc32)C1. The minimum Gasteiger partial charge on any atom is -0.388 e. The molecule has 1 aromatic heterocycles. The second-order valence-electron chi connectivity index (χ2n) is 6.81. The third-order valence-corrected chi connectivity index (χ3v) is 4.92. The summed E-state index contributed by atoms with van der Waals surface area (Å²) in [5.41, 5.74) is -0.00111. The third kappa shape index (κ3) is 4.02. The molecule has 1 aliphatic rings. The van der Waals surface area contributed by atoms with Gasteiger partial charge in [-0.1, -0.05) is 18.2 Å². The van der Waals surface area contributed by atoms with Crippen molar-refractivity contribution in [3.63, 3.8) is 0 Å². The maximum atomic E-state index is 12.6. The Morgan fingerprint density at radius 2 is 2.08 bits per heavy atom. The monoisotopic (exact) mass is 343 g/mol. The van der Waals surface area contributed by atoms with Gasteiger partial charge in [-0.3, -0.25) is 9.59 Å². The number of nitrogens with zero attached hydrogens (tertiary/aromatic N) is 2. The summed E-state index contributed by atoms with van der Waals surface area (Å²) in [6, 6.07) is 10.1. The lowest BCUT2D eigenvalue weighted by atomic mass is 9.89. The van der Waals surface area contributed by atoms with E-state index in [-0.39, 0.29) is 24.8 Å². The number of hydrogen-bond donors (Lipinski definition) is 2. The van der Waals surface area contributed by atoms with E-state index >= 15 is 0 Å². The molecule has 2 amide bonds. The Morgan fingerprint density at radius 3 is 2.88 bits per heavy atom. The Bertz CT molecular complexity index is 770. The molecule has 0 saturated carbocycles. The fourth-order valence-electron chi connectivity index (χ4n) is 3.57. The van der Waals surface area contributed by atoms with Crippen LogP contribution in [0.2, 0.25) is 0 Å². The average molecular weight is 343 g/mol. The van der Waals surface area contributed by atoms with Crippen LogP contribution in [0, 0.1) is 0 Å². The number of carbonyl (C=O) groups excluding carboxylic acids is 2. The summed E-state index contributed by atoms with van der Waals surface area (Å²) in [6.07, 6.45) is 3.68. The van der Waals surface area contributed by atoms with E-state index in [1.165, 1.54) is 0 Å². The molecule has 1 saturated heterocycles. The van der Waals surface area contributed by atoms with Gasteiger partial charge in [-0.05, 0) is 30.4 Å². The number of fused-ring (bicyclic) bond motifs is 1. The van der Waals surface area contributed by atoms with Crippen LogP contribution in [0.5, 0.6) is 0 Å². The molecule has 3 rings (SSSR count). The van der Waals surface area contributed by atoms with Gasteiger partial charge in [0.05, 0.1) is 12.0 Å². The van der Waals surface area contributed by atoms with Gasteiger partial charge in [0.15, 0.2) is 0 Å². The lowest BCUT2D eigenvalue weighted by molar-refractivity contribution is -0.142. The van der Waals surface area contributed by atoms with Gasteiger partial charge in [0.2, 0.25) is 11.8 Å². The van der Waals surface area contributed by atoms with Crippen molar-refractivity contribution in [3.8, 4) is 0 Å². The fourth-order valence-corrected chi connectivity index (χ4v) is 3.57. The number of aromatic nitrogens is 1. The van der Waals surface area contributed by atoms with Crippen LogP contribution >= 0.6 is 0 Å². The zero-order valence-electron chi connectivity index (χ0n) is 14.6. The Hall–Kier alpha value is -2.34. The number of likely N-dealkylation sites (tertiary alicyclic amines) is 1. The Morgan fingerprint density at radius 1 is 1.28 bits per heavy atom. The van der Waals surface area contributed by atoms with Crippen LogP contribution in [-0.4, -0.2) is 52.1 Å². The molecule has 134 valence electrons. The third-order valence-electron chi connectivity index (χ3n) is 4.92. The van der Waals surface area contributed by atoms with E-state index in [2.05, 4.69) is 16.0 Å². The molecule has 1 unspecified atom stereocenters. The number of aryl methyl sites for hydroxylation is 1. The molecule has 2 aromatic rings. The normalized spacial score (nSPS) is 20.6. The molecule has 1 aliphatic heterocycles. The molecule has 6 heteroatoms. The Labute approximate surface area is 147 Å². The molecular formula is C19H25N3O3. The number of nitrogens with one attached hydrogen (secondary N) is 1. The minimum absolute atomic E-state index is 0.0211. The topological polar surface area (TPSA) is 74.6 Å². The standard InChI is InChI=1S/C19H25N3O3/c1-20-17(23)13-19(25)9-4-10-22(14-19)18(24)8-12-21-11-7-15-5-2-3-6-16(15)21/h2-3,5-7,11,25H,4,8-10,12-14H2,1H3,(H,20,23). The van der Waals surface area contributed by atoms with E-state index in [0.717, 1.165) is 10.9 Å². The molecule has 1 aromatic carbocycles. The lowest BCUT2D eigenvalue weighted by Crippen LogP contribution is -2.52. The summed E-state index contributed by atoms with van der Waals surface area (Å²) in [5.74, 6) is -0.177. The van der Waals surface area contributed by atoms with E-state index in [1.807, 2.05) is 30.5 Å². The highest BCUT2D eigenvalue weighted by molar-refractivity contribution is 5.81. The lowest BCUT2D eigenvalue weighted by Gasteiger charge is -2.39. The van der Waals surface area contributed by atoms with E-state index in [0.29, 0.717) is 32.4 Å². The molecule has 25 heavy (non-hydrogen) atoms. The van der Waals surface area contributed by atoms with Crippen molar-refractivity contribution in [2.75, 3.05) is 20.1 Å². The van der Waals surface area contributed by atoms with Gasteiger partial charge in [0, 0.05) is 44.8 Å². The molecule has 2 heterocycles. The quantitative estimate of drug-likeness (QED) is 0.864. The molecule has 1 fully saturated rings. The predicted molar refractivity (Wildman–Crippen MR) is 96.0 cm³/mol. The van der Waals surface area contributed by atoms with E-state index in [4.69, 9.17) is 0 Å². The van der Waals surface area contributed by atoms with E-state index < -0.39 is 5.60 Å². The van der Waals surface area contributed by atoms with Crippen molar-refractivity contribution in [1.82, 2.24) is 14.8 Å². The summed E-state index contributed by atoms with van der Waals surface area (Å²) in [4.78, 5) is 25.9. The van der Waals surface area contributed by atoms with Gasteiger partial charge in [-0.15, -0.1) is 0 Å². The van der Waals surface area contributed by atoms with Crippen molar-refractivity contribution in [2.45, 2.75) is 37.8 Å². The van der Waals surface area contributed by atoms with Crippen molar-refractivity contribution < 1.29 is 14.7 Å².